The van der Waals surface area contributed by atoms with Gasteiger partial charge >= 0.3 is 6.36 Å². The minimum absolute atomic E-state index is 0.290. The van der Waals surface area contributed by atoms with Crippen LogP contribution in [0, 0.1) is 5.92 Å². The van der Waals surface area contributed by atoms with Gasteiger partial charge in [-0.3, -0.25) is 0 Å². The SMILES string of the molecule is C=C1C2=C(C(N3CCC(CNC)CC3)=NN1/C(=C\C)c1cccc(OC(F)(F)F)c1)N(C)CCO2. The molecule has 1 aromatic rings. The van der Waals surface area contributed by atoms with Gasteiger partial charge in [-0.25, -0.2) is 5.01 Å². The quantitative estimate of drug-likeness (QED) is 0.667. The van der Waals surface area contributed by atoms with Gasteiger partial charge in [0, 0.05) is 25.7 Å². The van der Waals surface area contributed by atoms with Gasteiger partial charge in [0.2, 0.25) is 0 Å². The highest BCUT2D eigenvalue weighted by Gasteiger charge is 2.37. The molecule has 35 heavy (non-hydrogen) atoms. The van der Waals surface area contributed by atoms with Crippen molar-refractivity contribution >= 4 is 11.5 Å². The van der Waals surface area contributed by atoms with E-state index < -0.39 is 6.36 Å². The van der Waals surface area contributed by atoms with E-state index >= 15 is 0 Å². The topological polar surface area (TPSA) is 52.6 Å². The predicted octanol–water partition coefficient (Wildman–Crippen LogP) is 4.19. The minimum Gasteiger partial charge on any atom is -0.487 e. The fourth-order valence-electron chi connectivity index (χ4n) is 4.74. The first-order valence-corrected chi connectivity index (χ1v) is 11.8. The van der Waals surface area contributed by atoms with Crippen molar-refractivity contribution in [3.63, 3.8) is 0 Å². The number of hydrogen-bond donors (Lipinski definition) is 1. The number of hydrogen-bond acceptors (Lipinski definition) is 7. The molecule has 1 aromatic carbocycles. The summed E-state index contributed by atoms with van der Waals surface area (Å²) in [7, 11) is 3.98. The summed E-state index contributed by atoms with van der Waals surface area (Å²) in [4.78, 5) is 4.40. The zero-order valence-corrected chi connectivity index (χ0v) is 20.4. The Morgan fingerprint density at radius 2 is 2.03 bits per heavy atom. The molecule has 0 spiro atoms. The van der Waals surface area contributed by atoms with E-state index in [1.165, 1.54) is 18.2 Å². The van der Waals surface area contributed by atoms with Crippen LogP contribution in [0.2, 0.25) is 0 Å². The highest BCUT2D eigenvalue weighted by molar-refractivity contribution is 6.00. The highest BCUT2D eigenvalue weighted by Crippen LogP contribution is 2.37. The zero-order valence-electron chi connectivity index (χ0n) is 20.4. The van der Waals surface area contributed by atoms with Crippen LogP contribution < -0.4 is 10.1 Å². The monoisotopic (exact) mass is 491 g/mol. The molecule has 0 bridgehead atoms. The first-order valence-electron chi connectivity index (χ1n) is 11.8. The van der Waals surface area contributed by atoms with Gasteiger partial charge in [0.1, 0.15) is 23.8 Å². The maximum absolute atomic E-state index is 12.8. The summed E-state index contributed by atoms with van der Waals surface area (Å²) < 4.78 is 48.6. The van der Waals surface area contributed by atoms with E-state index in [0.29, 0.717) is 35.2 Å². The highest BCUT2D eigenvalue weighted by atomic mass is 19.4. The third-order valence-electron chi connectivity index (χ3n) is 6.47. The Morgan fingerprint density at radius 1 is 1.29 bits per heavy atom. The molecule has 0 radical (unpaired) electrons. The van der Waals surface area contributed by atoms with Gasteiger partial charge in [0.15, 0.2) is 11.6 Å². The maximum Gasteiger partial charge on any atom is 0.573 e. The van der Waals surface area contributed by atoms with E-state index in [0.717, 1.165) is 50.6 Å². The number of amidine groups is 1. The number of piperidine rings is 1. The number of alkyl halides is 3. The summed E-state index contributed by atoms with van der Waals surface area (Å²) in [6, 6.07) is 5.88. The number of nitrogens with zero attached hydrogens (tertiary/aromatic N) is 4. The predicted molar refractivity (Wildman–Crippen MR) is 129 cm³/mol. The van der Waals surface area contributed by atoms with Gasteiger partial charge in [-0.05, 0) is 51.4 Å². The van der Waals surface area contributed by atoms with Crippen LogP contribution in [-0.2, 0) is 4.74 Å². The van der Waals surface area contributed by atoms with Crippen molar-refractivity contribution in [1.29, 1.82) is 0 Å². The molecule has 0 saturated carbocycles. The van der Waals surface area contributed by atoms with E-state index in [1.807, 2.05) is 21.0 Å². The van der Waals surface area contributed by atoms with Crippen molar-refractivity contribution < 1.29 is 22.6 Å². The fourth-order valence-corrected chi connectivity index (χ4v) is 4.74. The molecule has 0 aliphatic carbocycles. The Balaban J connectivity index is 1.69. The van der Waals surface area contributed by atoms with Crippen LogP contribution in [0.5, 0.6) is 5.75 Å². The van der Waals surface area contributed by atoms with E-state index in [9.17, 15) is 13.2 Å². The zero-order chi connectivity index (χ0) is 25.2. The standard InChI is InChI=1S/C25H32F3N5O2/c1-5-21(19-7-6-8-20(15-19)35-25(26,27)28)33-17(2)23-22(31(4)13-14-34-23)24(30-33)32-11-9-18(10-12-32)16-29-3/h5-8,15,18,29H,2,9-14,16H2,1,3-4H3/b21-5-. The van der Waals surface area contributed by atoms with Crippen molar-refractivity contribution in [3.05, 3.63) is 59.6 Å². The van der Waals surface area contributed by atoms with Crippen molar-refractivity contribution in [3.8, 4) is 5.75 Å². The summed E-state index contributed by atoms with van der Waals surface area (Å²) in [6.45, 7) is 10.00. The van der Waals surface area contributed by atoms with Crippen LogP contribution in [0.4, 0.5) is 13.2 Å². The Morgan fingerprint density at radius 3 is 2.69 bits per heavy atom. The molecule has 3 aliphatic heterocycles. The average molecular weight is 492 g/mol. The van der Waals surface area contributed by atoms with Crippen LogP contribution in [0.25, 0.3) is 5.70 Å². The van der Waals surface area contributed by atoms with Crippen LogP contribution >= 0.6 is 0 Å². The Bertz CT molecular complexity index is 1040. The Kier molecular flexibility index (Phi) is 7.30. The molecule has 190 valence electrons. The van der Waals surface area contributed by atoms with Gasteiger partial charge in [-0.1, -0.05) is 24.8 Å². The number of nitrogens with one attached hydrogen (secondary N) is 1. The van der Waals surface area contributed by atoms with Crippen molar-refractivity contribution in [1.82, 2.24) is 20.1 Å². The second-order valence-electron chi connectivity index (χ2n) is 8.87. The minimum atomic E-state index is -4.77. The van der Waals surface area contributed by atoms with Crippen molar-refractivity contribution in [2.24, 2.45) is 11.0 Å². The summed E-state index contributed by atoms with van der Waals surface area (Å²) in [5.41, 5.74) is 2.55. The van der Waals surface area contributed by atoms with Crippen LogP contribution in [-0.4, -0.2) is 73.9 Å². The third-order valence-corrected chi connectivity index (χ3v) is 6.47. The molecule has 1 fully saturated rings. The molecule has 10 heteroatoms. The van der Waals surface area contributed by atoms with Gasteiger partial charge in [0.05, 0.1) is 12.2 Å². The first-order chi connectivity index (χ1) is 16.7. The average Bonchev–Trinajstić information content (AvgIpc) is 2.81. The van der Waals surface area contributed by atoms with Gasteiger partial charge in [0.25, 0.3) is 0 Å². The van der Waals surface area contributed by atoms with Gasteiger partial charge in [-0.2, -0.15) is 0 Å². The summed E-state index contributed by atoms with van der Waals surface area (Å²) in [5.74, 6) is 1.76. The molecule has 3 aliphatic rings. The van der Waals surface area contributed by atoms with Crippen LogP contribution in [0.15, 0.2) is 59.2 Å². The smallest absolute Gasteiger partial charge is 0.487 e. The molecule has 0 atom stereocenters. The molecule has 1 N–H and O–H groups in total. The lowest BCUT2D eigenvalue weighted by atomic mass is 9.96. The van der Waals surface area contributed by atoms with E-state index in [2.05, 4.69) is 26.4 Å². The Labute approximate surface area is 204 Å². The number of rotatable bonds is 5. The fraction of sp³-hybridized carbons (Fsp3) is 0.480. The number of likely N-dealkylation sites (N-methyl/N-ethyl adjacent to an activating group) is 1. The number of hydrazone groups is 1. The van der Waals surface area contributed by atoms with Crippen LogP contribution in [0.1, 0.15) is 25.3 Å². The van der Waals surface area contributed by atoms with Gasteiger partial charge in [-0.15, -0.1) is 18.3 Å². The van der Waals surface area contributed by atoms with E-state index in [-0.39, 0.29) is 5.75 Å². The lowest BCUT2D eigenvalue weighted by Crippen LogP contribution is -2.48. The maximum atomic E-state index is 12.8. The second kappa shape index (κ2) is 10.2. The van der Waals surface area contributed by atoms with Gasteiger partial charge < -0.3 is 24.6 Å². The lowest BCUT2D eigenvalue weighted by molar-refractivity contribution is -0.274. The number of likely N-dealkylation sites (tertiary alicyclic amines) is 1. The molecular formula is C25H32F3N5O2. The number of halogens is 3. The third kappa shape index (κ3) is 5.42. The van der Waals surface area contributed by atoms with E-state index in [4.69, 9.17) is 9.84 Å². The summed E-state index contributed by atoms with van der Waals surface area (Å²) >= 11 is 0. The molecule has 7 nitrogen and oxygen atoms in total. The van der Waals surface area contributed by atoms with E-state index in [1.54, 1.807) is 17.2 Å². The molecule has 3 heterocycles. The number of benzene rings is 1. The molecule has 0 aromatic heterocycles. The second-order valence-corrected chi connectivity index (χ2v) is 8.87. The molecule has 1 saturated heterocycles. The molecular weight excluding hydrogens is 459 g/mol. The lowest BCUT2D eigenvalue weighted by Gasteiger charge is -2.43. The molecule has 4 rings (SSSR count). The molecule has 0 amide bonds. The largest absolute Gasteiger partial charge is 0.573 e. The van der Waals surface area contributed by atoms with Crippen molar-refractivity contribution in [2.45, 2.75) is 26.1 Å². The normalized spacial score (nSPS) is 20.1. The summed E-state index contributed by atoms with van der Waals surface area (Å²) in [5, 5.41) is 9.92. The molecule has 0 unspecified atom stereocenters. The van der Waals surface area contributed by atoms with Crippen LogP contribution in [0.3, 0.4) is 0 Å². The summed E-state index contributed by atoms with van der Waals surface area (Å²) in [6.07, 6.45) is -0.882. The number of ether oxygens (including phenoxy) is 2. The first kappa shape index (κ1) is 25.0. The number of allylic oxidation sites excluding steroid dienone is 1. The Hall–Kier alpha value is -3.14. The van der Waals surface area contributed by atoms with Crippen molar-refractivity contribution in [2.75, 3.05) is 46.9 Å².